The Morgan fingerprint density at radius 1 is 1.07 bits per heavy atom. The molecular formula is C36H55NO6. The second-order valence-corrected chi connectivity index (χ2v) is 16.2. The molecule has 1 aliphatic heterocycles. The zero-order valence-corrected chi connectivity index (χ0v) is 27.5. The molecule has 7 nitrogen and oxygen atoms in total. The molecule has 0 spiro atoms. The lowest BCUT2D eigenvalue weighted by Crippen LogP contribution is -2.62. The number of aliphatic hydroxyl groups is 1. The highest BCUT2D eigenvalue weighted by molar-refractivity contribution is 5.81. The van der Waals surface area contributed by atoms with Crippen molar-refractivity contribution in [2.45, 2.75) is 136 Å². The van der Waals surface area contributed by atoms with Crippen LogP contribution in [0.3, 0.4) is 0 Å². The van der Waals surface area contributed by atoms with Gasteiger partial charge >= 0.3 is 12.1 Å². The van der Waals surface area contributed by atoms with Gasteiger partial charge in [0.15, 0.2) is 0 Å². The van der Waals surface area contributed by atoms with E-state index in [4.69, 9.17) is 14.2 Å². The van der Waals surface area contributed by atoms with Gasteiger partial charge in [0.05, 0.1) is 11.9 Å². The molecule has 1 amide bonds. The van der Waals surface area contributed by atoms with E-state index in [9.17, 15) is 14.7 Å². The van der Waals surface area contributed by atoms with Crippen molar-refractivity contribution in [2.75, 3.05) is 0 Å². The molecule has 0 aromatic carbocycles. The number of amides is 1. The molecular weight excluding hydrogens is 542 g/mol. The van der Waals surface area contributed by atoms with E-state index in [2.05, 4.69) is 31.8 Å². The molecule has 9 atom stereocenters. The van der Waals surface area contributed by atoms with Crippen LogP contribution in [-0.4, -0.2) is 40.5 Å². The smallest absolute Gasteiger partial charge is 0.408 e. The van der Waals surface area contributed by atoms with E-state index in [1.54, 1.807) is 0 Å². The zero-order valence-electron chi connectivity index (χ0n) is 27.5. The number of fused-ring (bicyclic) bond motifs is 5. The maximum absolute atomic E-state index is 13.3. The van der Waals surface area contributed by atoms with Crippen LogP contribution >= 0.6 is 0 Å². The van der Waals surface area contributed by atoms with E-state index in [1.165, 1.54) is 5.57 Å². The number of alkyl carbamates (subject to hydrolysis) is 1. The summed E-state index contributed by atoms with van der Waals surface area (Å²) in [5.74, 6) is 2.01. The minimum atomic E-state index is -0.725. The number of hydrogen-bond donors (Lipinski definition) is 2. The first-order valence-electron chi connectivity index (χ1n) is 16.7. The van der Waals surface area contributed by atoms with Gasteiger partial charge < -0.3 is 24.6 Å². The molecule has 0 bridgehead atoms. The second-order valence-electron chi connectivity index (χ2n) is 16.2. The van der Waals surface area contributed by atoms with Gasteiger partial charge in [-0.1, -0.05) is 40.3 Å². The Morgan fingerprint density at radius 3 is 2.47 bits per heavy atom. The molecule has 9 unspecified atom stereocenters. The first-order chi connectivity index (χ1) is 20.1. The molecule has 4 aliphatic carbocycles. The van der Waals surface area contributed by atoms with Crippen molar-refractivity contribution in [3.8, 4) is 0 Å². The Bertz CT molecular complexity index is 1170. The molecule has 0 aromatic rings. The van der Waals surface area contributed by atoms with Gasteiger partial charge in [0.2, 0.25) is 0 Å². The van der Waals surface area contributed by atoms with E-state index in [1.807, 2.05) is 47.0 Å². The fourth-order valence-corrected chi connectivity index (χ4v) is 9.82. The lowest BCUT2D eigenvalue weighted by molar-refractivity contribution is -0.210. The van der Waals surface area contributed by atoms with E-state index < -0.39 is 23.3 Å². The molecule has 240 valence electrons. The summed E-state index contributed by atoms with van der Waals surface area (Å²) in [5.41, 5.74) is -0.186. The average Bonchev–Trinajstić information content (AvgIpc) is 3.18. The highest BCUT2D eigenvalue weighted by Crippen LogP contribution is 2.70. The molecule has 2 N–H and O–H groups in total. The number of rotatable bonds is 6. The normalized spacial score (nSPS) is 39.5. The summed E-state index contributed by atoms with van der Waals surface area (Å²) in [7, 11) is 0. The first-order valence-corrected chi connectivity index (χ1v) is 16.7. The first kappa shape index (κ1) is 32.1. The Balaban J connectivity index is 1.25. The molecule has 43 heavy (non-hydrogen) atoms. The van der Waals surface area contributed by atoms with Crippen LogP contribution in [0.15, 0.2) is 36.3 Å². The third-order valence-electron chi connectivity index (χ3n) is 12.0. The number of nitrogens with one attached hydrogen (secondary N) is 1. The van der Waals surface area contributed by atoms with Crippen molar-refractivity contribution in [3.05, 3.63) is 36.3 Å². The summed E-state index contributed by atoms with van der Waals surface area (Å²) >= 11 is 0. The fraction of sp³-hybridized carbons (Fsp3) is 0.778. The standard InChI is InChI=1S/C36H55NO6/c1-22(2)19-30(37-32(39)43-33(4,5)6)31(38)42-26-13-16-34(7)25(20-26)11-12-29-28(34)14-17-35(8)27(15-18-36(29,35)40)24-10-9-23(3)41-21-24/h9-10,21-22,25-30,40H,3,11-20H2,1-2,4-8H3,(H,37,39). The summed E-state index contributed by atoms with van der Waals surface area (Å²) in [6, 6.07) is -0.725. The molecule has 0 aromatic heterocycles. The summed E-state index contributed by atoms with van der Waals surface area (Å²) < 4.78 is 17.2. The number of hydrogen-bond acceptors (Lipinski definition) is 6. The van der Waals surface area contributed by atoms with Crippen LogP contribution < -0.4 is 5.32 Å². The predicted molar refractivity (Wildman–Crippen MR) is 167 cm³/mol. The van der Waals surface area contributed by atoms with Crippen LogP contribution in [-0.2, 0) is 19.0 Å². The van der Waals surface area contributed by atoms with Gasteiger partial charge in [-0.15, -0.1) is 0 Å². The number of carbonyl (C=O) groups excluding carboxylic acids is 2. The van der Waals surface area contributed by atoms with E-state index in [0.717, 1.165) is 57.8 Å². The SMILES string of the molecule is C=C1C=CC(C2CCC3(O)C4CCC5CC(OC(=O)C(CC(C)C)NC(=O)OC(C)(C)C)CCC5(C)C4CCC23C)=CO1. The Morgan fingerprint density at radius 2 is 1.81 bits per heavy atom. The largest absolute Gasteiger partial charge is 0.465 e. The topological polar surface area (TPSA) is 94.1 Å². The van der Waals surface area contributed by atoms with Gasteiger partial charge in [-0.2, -0.15) is 0 Å². The van der Waals surface area contributed by atoms with Gasteiger partial charge in [0.1, 0.15) is 23.5 Å². The van der Waals surface area contributed by atoms with Gasteiger partial charge in [-0.3, -0.25) is 0 Å². The Hall–Kier alpha value is -2.28. The zero-order chi connectivity index (χ0) is 31.4. The number of carbonyl (C=O) groups is 2. The minimum Gasteiger partial charge on any atom is -0.465 e. The van der Waals surface area contributed by atoms with Crippen LogP contribution in [0.5, 0.6) is 0 Å². The van der Waals surface area contributed by atoms with Gasteiger partial charge in [0.25, 0.3) is 0 Å². The summed E-state index contributed by atoms with van der Waals surface area (Å²) in [6.45, 7) is 18.2. The molecule has 5 rings (SSSR count). The van der Waals surface area contributed by atoms with Crippen LogP contribution in [0, 0.1) is 40.4 Å². The third-order valence-corrected chi connectivity index (χ3v) is 12.0. The van der Waals surface area contributed by atoms with E-state index >= 15 is 0 Å². The van der Waals surface area contributed by atoms with Crippen molar-refractivity contribution < 1.29 is 28.9 Å². The van der Waals surface area contributed by atoms with Crippen molar-refractivity contribution in [2.24, 2.45) is 40.4 Å². The van der Waals surface area contributed by atoms with Crippen molar-refractivity contribution in [1.82, 2.24) is 5.32 Å². The highest BCUT2D eigenvalue weighted by atomic mass is 16.6. The van der Waals surface area contributed by atoms with Crippen molar-refractivity contribution in [1.29, 1.82) is 0 Å². The van der Waals surface area contributed by atoms with E-state index in [0.29, 0.717) is 24.0 Å². The third kappa shape index (κ3) is 6.04. The van der Waals surface area contributed by atoms with E-state index in [-0.39, 0.29) is 40.7 Å². The molecule has 4 saturated carbocycles. The fourth-order valence-electron chi connectivity index (χ4n) is 9.82. The van der Waals surface area contributed by atoms with Crippen molar-refractivity contribution >= 4 is 12.1 Å². The van der Waals surface area contributed by atoms with Crippen LogP contribution in [0.25, 0.3) is 0 Å². The lowest BCUT2D eigenvalue weighted by Gasteiger charge is -2.63. The van der Waals surface area contributed by atoms with Gasteiger partial charge in [-0.25, -0.2) is 9.59 Å². The molecule has 7 heteroatoms. The van der Waals surface area contributed by atoms with Gasteiger partial charge in [0, 0.05) is 5.41 Å². The maximum Gasteiger partial charge on any atom is 0.408 e. The second kappa shape index (κ2) is 11.6. The molecule has 1 heterocycles. The Labute approximate surface area is 258 Å². The maximum atomic E-state index is 13.3. The lowest BCUT2D eigenvalue weighted by atomic mass is 9.43. The monoisotopic (exact) mass is 597 g/mol. The molecule has 4 fully saturated rings. The summed E-state index contributed by atoms with van der Waals surface area (Å²) in [4.78, 5) is 25.8. The Kier molecular flexibility index (Phi) is 8.65. The van der Waals surface area contributed by atoms with Crippen LogP contribution in [0.1, 0.15) is 113 Å². The summed E-state index contributed by atoms with van der Waals surface area (Å²) in [5, 5.41) is 15.3. The number of esters is 1. The van der Waals surface area contributed by atoms with Crippen LogP contribution in [0.2, 0.25) is 0 Å². The average molecular weight is 598 g/mol. The van der Waals surface area contributed by atoms with Crippen molar-refractivity contribution in [3.63, 3.8) is 0 Å². The highest BCUT2D eigenvalue weighted by Gasteiger charge is 2.67. The quantitative estimate of drug-likeness (QED) is 0.306. The summed E-state index contributed by atoms with van der Waals surface area (Å²) in [6.07, 6.45) is 14.4. The number of ether oxygens (including phenoxy) is 3. The molecule has 0 radical (unpaired) electrons. The number of allylic oxidation sites excluding steroid dienone is 3. The molecule has 0 saturated heterocycles. The van der Waals surface area contributed by atoms with Crippen LogP contribution in [0.4, 0.5) is 4.79 Å². The minimum absolute atomic E-state index is 0.123. The van der Waals surface area contributed by atoms with Gasteiger partial charge in [-0.05, 0) is 132 Å². The molecule has 5 aliphatic rings. The predicted octanol–water partition coefficient (Wildman–Crippen LogP) is 7.60.